The van der Waals surface area contributed by atoms with Gasteiger partial charge in [0.2, 0.25) is 49.7 Å². The van der Waals surface area contributed by atoms with Crippen LogP contribution in [0.5, 0.6) is 18.0 Å². The monoisotopic (exact) mass is 2160 g/mol. The van der Waals surface area contributed by atoms with Crippen molar-refractivity contribution in [1.82, 2.24) is 57.5 Å². The molecule has 9 aromatic rings. The van der Waals surface area contributed by atoms with Gasteiger partial charge < -0.3 is 58.1 Å². The summed E-state index contributed by atoms with van der Waals surface area (Å²) in [4.78, 5) is 59.6. The van der Waals surface area contributed by atoms with Crippen LogP contribution in [0.15, 0.2) is 145 Å². The van der Waals surface area contributed by atoms with Crippen molar-refractivity contribution < 1.29 is 57.0 Å². The molecule has 3 aliphatic carbocycles. The van der Waals surface area contributed by atoms with Crippen LogP contribution in [-0.2, 0) is 69.0 Å². The number of rotatable bonds is 30. The van der Waals surface area contributed by atoms with Crippen molar-refractivity contribution in [2.75, 3.05) is 168 Å². The summed E-state index contributed by atoms with van der Waals surface area (Å²) in [6, 6.07) is 37.5. The van der Waals surface area contributed by atoms with E-state index in [4.69, 9.17) is 63.8 Å². The van der Waals surface area contributed by atoms with Crippen molar-refractivity contribution in [2.45, 2.75) is 192 Å². The summed E-state index contributed by atoms with van der Waals surface area (Å²) in [6.45, 7) is 53.3. The molecule has 6 fully saturated rings. The average Bonchev–Trinajstić information content (AvgIpc) is 0.762. The first-order valence-corrected chi connectivity index (χ1v) is 52.4. The molecule has 6 atom stereocenters. The lowest BCUT2D eigenvalue weighted by molar-refractivity contribution is -0.127. The highest BCUT2D eigenvalue weighted by atomic mass is 32.2. The van der Waals surface area contributed by atoms with Crippen molar-refractivity contribution in [3.63, 3.8) is 0 Å². The molecule has 3 saturated heterocycles. The molecule has 0 radical (unpaired) electrons. The zero-order chi connectivity index (χ0) is 98.7. The number of sulfonamides is 3. The Bertz CT molecular complexity index is 6580. The van der Waals surface area contributed by atoms with Crippen LogP contribution in [0.3, 0.4) is 0 Å². The molecule has 6 aromatic carbocycles. The van der Waals surface area contributed by atoms with Gasteiger partial charge >= 0.3 is 18.0 Å². The number of piperazine rings is 3. The first-order valence-electron chi connectivity index (χ1n) is 47.9. The third-order valence-corrected chi connectivity index (χ3v) is 33.9. The van der Waals surface area contributed by atoms with Crippen molar-refractivity contribution in [2.24, 2.45) is 0 Å². The zero-order valence-corrected chi connectivity index (χ0v) is 92.1. The number of nitrogens with zero attached hydrogens (tertiary/aromatic N) is 21. The Morgan fingerprint density at radius 2 is 0.731 bits per heavy atom. The fourth-order valence-electron chi connectivity index (χ4n) is 21.0. The summed E-state index contributed by atoms with van der Waals surface area (Å²) in [7, 11) is -5.25. The minimum atomic E-state index is -3.71. The van der Waals surface area contributed by atoms with E-state index in [9.17, 15) is 42.8 Å². The lowest BCUT2D eigenvalue weighted by Gasteiger charge is -2.43. The van der Waals surface area contributed by atoms with Gasteiger partial charge in [-0.05, 0) is 146 Å². The van der Waals surface area contributed by atoms with Crippen molar-refractivity contribution in [3.8, 4) is 18.0 Å². The van der Waals surface area contributed by atoms with E-state index in [-0.39, 0.29) is 195 Å². The van der Waals surface area contributed by atoms with E-state index in [1.165, 1.54) is 86.9 Å². The van der Waals surface area contributed by atoms with Crippen LogP contribution in [-0.4, -0.2) is 288 Å². The van der Waals surface area contributed by atoms with Gasteiger partial charge in [0.05, 0.1) is 36.7 Å². The number of anilines is 6. The summed E-state index contributed by atoms with van der Waals surface area (Å²) < 4.78 is 154. The molecule has 18 rings (SSSR count). The maximum absolute atomic E-state index is 13.5. The van der Waals surface area contributed by atoms with Crippen LogP contribution in [0, 0.1) is 40.5 Å². The molecular formula is C102H137F4N21O9S9. The second-order valence-corrected chi connectivity index (χ2v) is 43.9. The molecule has 0 unspecified atom stereocenters. The topological polar surface area (TPSA) is 259 Å². The summed E-state index contributed by atoms with van der Waals surface area (Å²) in [5.74, 6) is -3.05. The summed E-state index contributed by atoms with van der Waals surface area (Å²) in [6.07, 6.45) is 4.82. The standard InChI is InChI=1S/2C34H41F2N7O3S.C34H43N7O3S.6H2S/c1-6-47(44,45)43-16-15-42(20-27(43)19-37-4)32-28-13-14-41(30-12-8-11-25-10-7-9-23(2)31(25)30)21-29(28)38-33(39-32)46-22-24(3)40(5)26-17-34(35,36)18-26;1-6-47(44,45)43-16-15-42(21-27(43)19-37-4)32-28-13-14-41(30-12-8-11-25-10-7-9-23(2)31(25)30)22-29(28)38-33(39-32)46-24(3)20-40(5)26-17-34(35,36)18-26;1-6-45(42,43)41-19-18-40(21-28(41)20-35-4)33-29-16-17-39(31-15-8-12-26-11-7-10-24(2)32(26)31)22-30(29)36-34(37-33)44-23-25(3)38(5)27-13-9-14-27;;;;;;/h2*6-12,24,26-27H,1,13-22H2,2-3,5H3;6-8,10-12,15,25,27-28H,1,9,13-14,16-23H2,2-3,5H3;6*1H2/t2*24-,27-;25-,28-;;;;;;/m000....../s1. The van der Waals surface area contributed by atoms with Crippen molar-refractivity contribution in [3.05, 3.63) is 230 Å². The molecule has 0 spiro atoms. The van der Waals surface area contributed by atoms with E-state index in [2.05, 4.69) is 203 Å². The minimum Gasteiger partial charge on any atom is -0.462 e. The van der Waals surface area contributed by atoms with Gasteiger partial charge in [0, 0.05) is 207 Å². The highest BCUT2D eigenvalue weighted by Gasteiger charge is 2.50. The number of likely N-dealkylation sites (N-methyl/N-ethyl adjacent to an activating group) is 3. The highest BCUT2D eigenvalue weighted by molar-refractivity contribution is 7.92. The number of alkyl halides is 4. The van der Waals surface area contributed by atoms with Crippen LogP contribution in [0.1, 0.15) is 116 Å². The summed E-state index contributed by atoms with van der Waals surface area (Å²) in [5, 5.41) is 10.0. The van der Waals surface area contributed by atoms with E-state index in [1.54, 1.807) is 0 Å². The molecule has 9 aliphatic rings. The number of aromatic nitrogens is 6. The quantitative estimate of drug-likeness (QED) is 0.0299. The fourth-order valence-corrected chi connectivity index (χ4v) is 24.2. The Hall–Kier alpha value is -9.34. The van der Waals surface area contributed by atoms with Crippen LogP contribution < -0.4 is 43.6 Å². The van der Waals surface area contributed by atoms with Gasteiger partial charge in [0.15, 0.2) is 0 Å². The fraction of sp³-hybridized carbons (Fsp3) is 0.500. The second-order valence-electron chi connectivity index (χ2n) is 38.4. The van der Waals surface area contributed by atoms with Crippen molar-refractivity contribution >= 4 is 178 Å². The molecule has 0 amide bonds. The van der Waals surface area contributed by atoms with Gasteiger partial charge in [0.1, 0.15) is 54.9 Å². The molecule has 3 aromatic heterocycles. The number of hydrogen-bond acceptors (Lipinski definition) is 24. The Balaban J connectivity index is 0.000000219. The van der Waals surface area contributed by atoms with E-state index in [0.717, 1.165) is 93.2 Å². The van der Waals surface area contributed by atoms with Crippen LogP contribution in [0.2, 0.25) is 0 Å². The number of ether oxygens (including phenoxy) is 3. The predicted octanol–water partition coefficient (Wildman–Crippen LogP) is 15.1. The number of fused-ring (bicyclic) bond motifs is 6. The lowest BCUT2D eigenvalue weighted by Crippen LogP contribution is -2.56. The first kappa shape index (κ1) is 118. The first-order chi connectivity index (χ1) is 66.5. The van der Waals surface area contributed by atoms with Crippen LogP contribution in [0.4, 0.5) is 52.1 Å². The number of aryl methyl sites for hydroxylation is 3. The number of halogens is 4. The Morgan fingerprint density at radius 1 is 0.428 bits per heavy atom. The lowest BCUT2D eigenvalue weighted by atomic mass is 9.86. The van der Waals surface area contributed by atoms with Gasteiger partial charge in [-0.3, -0.25) is 14.7 Å². The van der Waals surface area contributed by atoms with Gasteiger partial charge in [-0.25, -0.2) is 62.5 Å². The summed E-state index contributed by atoms with van der Waals surface area (Å²) >= 11 is 0. The highest BCUT2D eigenvalue weighted by Crippen LogP contribution is 2.45. The van der Waals surface area contributed by atoms with E-state index in [0.29, 0.717) is 109 Å². The minimum absolute atomic E-state index is 0. The van der Waals surface area contributed by atoms with E-state index in [1.807, 2.05) is 47.5 Å². The average molecular weight is 2170 g/mol. The second kappa shape index (κ2) is 49.9. The van der Waals surface area contributed by atoms with Crippen LogP contribution in [0.25, 0.3) is 46.9 Å². The maximum atomic E-state index is 13.5. The Labute approximate surface area is 893 Å². The normalized spacial score (nSPS) is 19.7. The van der Waals surface area contributed by atoms with Gasteiger partial charge in [0.25, 0.3) is 11.8 Å². The third-order valence-electron chi connectivity index (χ3n) is 29.2. The van der Waals surface area contributed by atoms with Gasteiger partial charge in [-0.15, -0.1) is 0 Å². The van der Waals surface area contributed by atoms with Crippen LogP contribution >= 0.6 is 81.0 Å². The largest absolute Gasteiger partial charge is 0.462 e. The Morgan fingerprint density at radius 3 is 1.03 bits per heavy atom. The van der Waals surface area contributed by atoms with E-state index >= 15 is 0 Å². The summed E-state index contributed by atoms with van der Waals surface area (Å²) in [5.41, 5.74) is 12.7. The molecule has 0 N–H and O–H groups in total. The number of hydrogen-bond donors (Lipinski definition) is 0. The van der Waals surface area contributed by atoms with Crippen molar-refractivity contribution in [1.29, 1.82) is 0 Å². The maximum Gasteiger partial charge on any atom is 0.318 e. The molecular weight excluding hydrogens is 2030 g/mol. The predicted molar refractivity (Wildman–Crippen MR) is 600 cm³/mol. The van der Waals surface area contributed by atoms with Gasteiger partial charge in [-0.2, -0.15) is 124 Å². The molecule has 145 heavy (non-hydrogen) atoms. The smallest absolute Gasteiger partial charge is 0.318 e. The third kappa shape index (κ3) is 26.2. The molecule has 3 saturated carbocycles. The molecule has 43 heteroatoms. The molecule has 0 bridgehead atoms. The van der Waals surface area contributed by atoms with E-state index < -0.39 is 60.0 Å². The van der Waals surface area contributed by atoms with Gasteiger partial charge in [-0.1, -0.05) is 117 Å². The molecule has 786 valence electrons. The molecule has 30 nitrogen and oxygen atoms in total. The molecule has 6 aliphatic heterocycles. The molecule has 9 heterocycles. The Kier molecular flexibility index (Phi) is 40.4. The SMILES string of the molecule is S.S.S.S.S.S.[C-]#[N+]C[C@H]1CN(c2nc(OC[C@H](C)N(C)C3CC(F)(F)C3)nc3c2CCN(c2cccc4cccc(C)c24)C3)CCN1S(=O)(=O)C=C.[C-]#[N+]C[C@H]1CN(c2nc(OC[C@H](C)N(C)C3CCC3)nc3c2CCN(c2cccc4cccc(C)c24)C3)CCN1S(=O)(=O)C=C.[C-]#[N+]C[C@H]1CN(c2nc(O[C@@H](C)CN(C)C3CC(F)(F)C3)nc3c2CCN(c2cccc4cccc(C)c24)C3)CCN1S(=O)(=O)C=C. The number of benzene rings is 6. The zero-order valence-electron chi connectivity index (χ0n) is 83.7.